The van der Waals surface area contributed by atoms with E-state index in [-0.39, 0.29) is 0 Å². The summed E-state index contributed by atoms with van der Waals surface area (Å²) in [6.45, 7) is 2.04. The average molecular weight is 261 g/mol. The van der Waals surface area contributed by atoms with Gasteiger partial charge in [0.15, 0.2) is 5.82 Å². The third kappa shape index (κ3) is 3.06. The molecule has 0 unspecified atom stereocenters. The Balaban J connectivity index is 1.73. The molecule has 0 amide bonds. The molecule has 4 heteroatoms. The molecular weight excluding hydrogens is 238 g/mol. The number of nitrogens with zero attached hydrogens (tertiary/aromatic N) is 3. The first kappa shape index (κ1) is 12.9. The monoisotopic (exact) mass is 261 g/mol. The fraction of sp³-hybridized carbons (Fsp3) is 0.733. The molecule has 0 radical (unpaired) electrons. The van der Waals surface area contributed by atoms with Crippen LogP contribution < -0.4 is 0 Å². The molecule has 2 aliphatic rings. The van der Waals surface area contributed by atoms with Gasteiger partial charge in [-0.25, -0.2) is 0 Å². The molecule has 104 valence electrons. The van der Waals surface area contributed by atoms with Crippen molar-refractivity contribution in [2.24, 2.45) is 0 Å². The number of hydrogen-bond donors (Lipinski definition) is 0. The first-order valence-corrected chi connectivity index (χ1v) is 7.54. The van der Waals surface area contributed by atoms with E-state index >= 15 is 0 Å². The summed E-state index contributed by atoms with van der Waals surface area (Å²) in [5.41, 5.74) is 1.20. The van der Waals surface area contributed by atoms with Gasteiger partial charge in [-0.2, -0.15) is 4.98 Å². The first-order chi connectivity index (χ1) is 9.33. The lowest BCUT2D eigenvalue weighted by Gasteiger charge is -2.20. The molecule has 4 nitrogen and oxygen atoms in total. The van der Waals surface area contributed by atoms with Gasteiger partial charge >= 0.3 is 0 Å². The van der Waals surface area contributed by atoms with E-state index in [2.05, 4.69) is 28.2 Å². The van der Waals surface area contributed by atoms with Crippen LogP contribution in [0.15, 0.2) is 10.6 Å². The number of hydrogen-bond acceptors (Lipinski definition) is 4. The van der Waals surface area contributed by atoms with Gasteiger partial charge in [-0.05, 0) is 26.3 Å². The van der Waals surface area contributed by atoms with Crippen molar-refractivity contribution in [3.05, 3.63) is 17.8 Å². The maximum Gasteiger partial charge on any atom is 0.254 e. The number of rotatable bonds is 2. The zero-order valence-electron chi connectivity index (χ0n) is 11.8. The van der Waals surface area contributed by atoms with Gasteiger partial charge in [0.05, 0.1) is 0 Å². The highest BCUT2D eigenvalue weighted by atomic mass is 16.5. The van der Waals surface area contributed by atoms with Crippen molar-refractivity contribution >= 4 is 5.57 Å². The molecule has 0 N–H and O–H groups in total. The lowest BCUT2D eigenvalue weighted by molar-refractivity contribution is 0.354. The predicted molar refractivity (Wildman–Crippen MR) is 74.8 cm³/mol. The summed E-state index contributed by atoms with van der Waals surface area (Å²) in [5, 5.41) is 4.24. The molecule has 0 bridgehead atoms. The van der Waals surface area contributed by atoms with Crippen LogP contribution in [0.2, 0.25) is 0 Å². The summed E-state index contributed by atoms with van der Waals surface area (Å²) < 4.78 is 5.49. The largest absolute Gasteiger partial charge is 0.334 e. The zero-order valence-corrected chi connectivity index (χ0v) is 11.8. The van der Waals surface area contributed by atoms with Crippen LogP contribution in [-0.4, -0.2) is 35.2 Å². The normalized spacial score (nSPS) is 23.1. The second-order valence-electron chi connectivity index (χ2n) is 5.90. The Morgan fingerprint density at radius 2 is 2.00 bits per heavy atom. The molecule has 1 aromatic rings. The summed E-state index contributed by atoms with van der Waals surface area (Å²) in [6, 6.07) is 0. The second kappa shape index (κ2) is 5.87. The first-order valence-electron chi connectivity index (χ1n) is 7.54. The van der Waals surface area contributed by atoms with E-state index in [4.69, 9.17) is 4.52 Å². The molecule has 2 heterocycles. The van der Waals surface area contributed by atoms with Crippen molar-refractivity contribution in [1.82, 2.24) is 15.0 Å². The predicted octanol–water partition coefficient (Wildman–Crippen LogP) is 3.23. The van der Waals surface area contributed by atoms with Crippen LogP contribution in [0.3, 0.4) is 0 Å². The van der Waals surface area contributed by atoms with Crippen molar-refractivity contribution in [1.29, 1.82) is 0 Å². The van der Waals surface area contributed by atoms with Crippen LogP contribution in [-0.2, 0) is 0 Å². The van der Waals surface area contributed by atoms with Gasteiger partial charge in [0.1, 0.15) is 0 Å². The maximum absolute atomic E-state index is 5.49. The minimum atomic E-state index is 0.516. The molecule has 19 heavy (non-hydrogen) atoms. The molecule has 1 aliphatic heterocycles. The van der Waals surface area contributed by atoms with Crippen molar-refractivity contribution in [3.8, 4) is 0 Å². The highest BCUT2D eigenvalue weighted by Crippen LogP contribution is 2.30. The Morgan fingerprint density at radius 1 is 1.21 bits per heavy atom. The molecule has 0 saturated heterocycles. The van der Waals surface area contributed by atoms with Crippen molar-refractivity contribution < 1.29 is 4.52 Å². The van der Waals surface area contributed by atoms with Crippen molar-refractivity contribution in [3.63, 3.8) is 0 Å². The summed E-state index contributed by atoms with van der Waals surface area (Å²) in [5.74, 6) is 2.19. The van der Waals surface area contributed by atoms with Gasteiger partial charge in [-0.15, -0.1) is 0 Å². The minimum Gasteiger partial charge on any atom is -0.334 e. The molecule has 1 aromatic heterocycles. The van der Waals surface area contributed by atoms with E-state index in [1.54, 1.807) is 0 Å². The summed E-state index contributed by atoms with van der Waals surface area (Å²) in [6.07, 6.45) is 11.1. The quantitative estimate of drug-likeness (QED) is 0.767. The van der Waals surface area contributed by atoms with Crippen LogP contribution in [0.4, 0.5) is 0 Å². The molecule has 0 atom stereocenters. The van der Waals surface area contributed by atoms with E-state index in [0.29, 0.717) is 5.92 Å². The smallest absolute Gasteiger partial charge is 0.254 e. The van der Waals surface area contributed by atoms with E-state index in [1.807, 2.05) is 0 Å². The van der Waals surface area contributed by atoms with E-state index in [0.717, 1.165) is 31.2 Å². The van der Waals surface area contributed by atoms with E-state index < -0.39 is 0 Å². The highest BCUT2D eigenvalue weighted by molar-refractivity contribution is 5.60. The molecule has 1 fully saturated rings. The Labute approximate surface area is 114 Å². The third-order valence-electron chi connectivity index (χ3n) is 4.28. The van der Waals surface area contributed by atoms with E-state index in [9.17, 15) is 0 Å². The van der Waals surface area contributed by atoms with Crippen molar-refractivity contribution in [2.75, 3.05) is 20.1 Å². The Hall–Kier alpha value is -1.16. The topological polar surface area (TPSA) is 42.2 Å². The van der Waals surface area contributed by atoms with Crippen LogP contribution in [0, 0.1) is 0 Å². The lowest BCUT2D eigenvalue weighted by Crippen LogP contribution is -2.25. The van der Waals surface area contributed by atoms with Gasteiger partial charge in [-0.1, -0.05) is 36.9 Å². The van der Waals surface area contributed by atoms with Gasteiger partial charge in [0, 0.05) is 24.6 Å². The van der Waals surface area contributed by atoms with Gasteiger partial charge < -0.3 is 9.42 Å². The maximum atomic E-state index is 5.49. The highest BCUT2D eigenvalue weighted by Gasteiger charge is 2.22. The van der Waals surface area contributed by atoms with Crippen molar-refractivity contribution in [2.45, 2.75) is 50.9 Å². The minimum absolute atomic E-state index is 0.516. The molecule has 3 rings (SSSR count). The van der Waals surface area contributed by atoms with Crippen LogP contribution in [0.5, 0.6) is 0 Å². The molecule has 1 aliphatic carbocycles. The Morgan fingerprint density at radius 3 is 2.74 bits per heavy atom. The van der Waals surface area contributed by atoms with Crippen LogP contribution >= 0.6 is 0 Å². The van der Waals surface area contributed by atoms with Crippen LogP contribution in [0.1, 0.15) is 62.6 Å². The number of likely N-dealkylation sites (N-methyl/N-ethyl adjacent to an activating group) is 1. The molecule has 0 spiro atoms. The SMILES string of the molecule is CN1CCC=C(c2nc(C3CCCCCC3)no2)C1. The average Bonchev–Trinajstić information content (AvgIpc) is 2.75. The molecule has 1 saturated carbocycles. The Kier molecular flexibility index (Phi) is 3.97. The standard InChI is InChI=1S/C15H23N3O/c1-18-10-6-9-13(11-18)15-16-14(17-19-15)12-7-4-2-3-5-8-12/h9,12H,2-8,10-11H2,1H3. The molecule has 0 aromatic carbocycles. The summed E-state index contributed by atoms with van der Waals surface area (Å²) >= 11 is 0. The van der Waals surface area contributed by atoms with Gasteiger partial charge in [0.25, 0.3) is 5.89 Å². The fourth-order valence-corrected chi connectivity index (χ4v) is 3.12. The van der Waals surface area contributed by atoms with Crippen LogP contribution in [0.25, 0.3) is 5.57 Å². The fourth-order valence-electron chi connectivity index (χ4n) is 3.12. The summed E-state index contributed by atoms with van der Waals surface area (Å²) in [7, 11) is 2.13. The number of aromatic nitrogens is 2. The lowest BCUT2D eigenvalue weighted by atomic mass is 10.00. The summed E-state index contributed by atoms with van der Waals surface area (Å²) in [4.78, 5) is 6.96. The van der Waals surface area contributed by atoms with E-state index in [1.165, 1.54) is 44.1 Å². The van der Waals surface area contributed by atoms with Gasteiger partial charge in [0.2, 0.25) is 0 Å². The third-order valence-corrected chi connectivity index (χ3v) is 4.28. The Bertz CT molecular complexity index is 444. The zero-order chi connectivity index (χ0) is 13.1. The second-order valence-corrected chi connectivity index (χ2v) is 5.90. The molecular formula is C15H23N3O. The van der Waals surface area contributed by atoms with Gasteiger partial charge in [-0.3, -0.25) is 0 Å².